The summed E-state index contributed by atoms with van der Waals surface area (Å²) in [4.78, 5) is 23.2. The minimum Gasteiger partial charge on any atom is -0.358 e. The summed E-state index contributed by atoms with van der Waals surface area (Å²) in [5, 5.41) is 9.21. The van der Waals surface area contributed by atoms with E-state index >= 15 is 0 Å². The average Bonchev–Trinajstić information content (AvgIpc) is 2.84. The molecule has 2 amide bonds. The van der Waals surface area contributed by atoms with E-state index in [2.05, 4.69) is 15.7 Å². The normalized spacial score (nSPS) is 11.2. The van der Waals surface area contributed by atoms with Gasteiger partial charge in [0.2, 0.25) is 11.8 Å². The van der Waals surface area contributed by atoms with Gasteiger partial charge in [-0.05, 0) is 12.8 Å². The maximum atomic E-state index is 12.0. The molecule has 0 saturated carbocycles. The molecule has 0 unspecified atom stereocenters. The number of hydrogen-bond donors (Lipinski definition) is 3. The van der Waals surface area contributed by atoms with Gasteiger partial charge in [-0.25, -0.2) is 0 Å². The lowest BCUT2D eigenvalue weighted by Crippen LogP contribution is -2.50. The van der Waals surface area contributed by atoms with E-state index in [-0.39, 0.29) is 18.4 Å². The zero-order valence-corrected chi connectivity index (χ0v) is 11.6. The average molecular weight is 267 g/mol. The minimum absolute atomic E-state index is 0.113. The molecule has 0 spiro atoms. The van der Waals surface area contributed by atoms with E-state index in [1.54, 1.807) is 13.2 Å². The van der Waals surface area contributed by atoms with Crippen molar-refractivity contribution >= 4 is 17.5 Å². The van der Waals surface area contributed by atoms with Crippen LogP contribution in [0.5, 0.6) is 0 Å². The Morgan fingerprint density at radius 1 is 1.42 bits per heavy atom. The largest absolute Gasteiger partial charge is 0.358 e. The van der Waals surface area contributed by atoms with Gasteiger partial charge in [-0.1, -0.05) is 13.8 Å². The third kappa shape index (κ3) is 3.78. The van der Waals surface area contributed by atoms with Gasteiger partial charge in [-0.3, -0.25) is 14.3 Å². The highest BCUT2D eigenvalue weighted by Crippen LogP contribution is 2.15. The maximum absolute atomic E-state index is 12.0. The van der Waals surface area contributed by atoms with Gasteiger partial charge in [0.25, 0.3) is 0 Å². The van der Waals surface area contributed by atoms with Crippen molar-refractivity contribution in [2.45, 2.75) is 38.8 Å². The van der Waals surface area contributed by atoms with Gasteiger partial charge < -0.3 is 16.4 Å². The zero-order valence-electron chi connectivity index (χ0n) is 11.6. The molecule has 0 saturated heterocycles. The summed E-state index contributed by atoms with van der Waals surface area (Å²) in [5.41, 5.74) is 5.65. The van der Waals surface area contributed by atoms with E-state index < -0.39 is 5.54 Å². The number of rotatable bonds is 6. The number of nitrogens with zero attached hydrogens (tertiary/aromatic N) is 2. The number of anilines is 1. The number of likely N-dealkylation sites (N-methyl/N-ethyl adjacent to an activating group) is 1. The Morgan fingerprint density at radius 2 is 2.05 bits per heavy atom. The van der Waals surface area contributed by atoms with Crippen molar-refractivity contribution in [3.63, 3.8) is 0 Å². The third-order valence-corrected chi connectivity index (χ3v) is 3.19. The van der Waals surface area contributed by atoms with Crippen molar-refractivity contribution in [2.75, 3.05) is 12.4 Å². The fourth-order valence-electron chi connectivity index (χ4n) is 1.57. The number of nitrogens with one attached hydrogen (secondary N) is 2. The molecule has 0 aromatic carbocycles. The molecule has 0 bridgehead atoms. The Bertz CT molecular complexity index is 451. The molecular formula is C12H21N5O2. The predicted molar refractivity (Wildman–Crippen MR) is 72.4 cm³/mol. The Kier molecular flexibility index (Phi) is 5.05. The summed E-state index contributed by atoms with van der Waals surface area (Å²) in [5.74, 6) is -0.395. The van der Waals surface area contributed by atoms with Gasteiger partial charge in [-0.15, -0.1) is 0 Å². The molecule has 0 radical (unpaired) electrons. The first-order valence-electron chi connectivity index (χ1n) is 6.28. The SMILES string of the molecule is CCC(N)(CC)C(=O)Nc1cnn(CC(=O)NC)c1. The van der Waals surface area contributed by atoms with E-state index in [1.807, 2.05) is 13.8 Å². The topological polar surface area (TPSA) is 102 Å². The first kappa shape index (κ1) is 15.2. The van der Waals surface area contributed by atoms with Crippen molar-refractivity contribution in [2.24, 2.45) is 5.73 Å². The molecule has 106 valence electrons. The highest BCUT2D eigenvalue weighted by atomic mass is 16.2. The van der Waals surface area contributed by atoms with Crippen LogP contribution in [0.25, 0.3) is 0 Å². The van der Waals surface area contributed by atoms with E-state index in [0.717, 1.165) is 0 Å². The minimum atomic E-state index is -0.872. The molecule has 0 fully saturated rings. The molecule has 0 aliphatic carbocycles. The molecule has 0 aliphatic heterocycles. The molecule has 4 N–H and O–H groups in total. The second kappa shape index (κ2) is 6.33. The van der Waals surface area contributed by atoms with Crippen LogP contribution in [0.2, 0.25) is 0 Å². The summed E-state index contributed by atoms with van der Waals surface area (Å²) in [6.07, 6.45) is 4.20. The first-order valence-corrected chi connectivity index (χ1v) is 6.28. The summed E-state index contributed by atoms with van der Waals surface area (Å²) < 4.78 is 1.45. The van der Waals surface area contributed by atoms with Gasteiger partial charge >= 0.3 is 0 Å². The van der Waals surface area contributed by atoms with Crippen LogP contribution in [-0.4, -0.2) is 34.2 Å². The van der Waals surface area contributed by atoms with E-state index in [1.165, 1.54) is 10.9 Å². The summed E-state index contributed by atoms with van der Waals surface area (Å²) in [7, 11) is 1.56. The second-order valence-electron chi connectivity index (χ2n) is 4.42. The van der Waals surface area contributed by atoms with Gasteiger partial charge in [0, 0.05) is 13.2 Å². The van der Waals surface area contributed by atoms with Crippen molar-refractivity contribution in [1.29, 1.82) is 0 Å². The number of aromatic nitrogens is 2. The van der Waals surface area contributed by atoms with E-state index in [0.29, 0.717) is 18.5 Å². The highest BCUT2D eigenvalue weighted by molar-refractivity contribution is 5.97. The highest BCUT2D eigenvalue weighted by Gasteiger charge is 2.30. The van der Waals surface area contributed by atoms with E-state index in [9.17, 15) is 9.59 Å². The maximum Gasteiger partial charge on any atom is 0.244 e. The standard InChI is InChI=1S/C12H21N5O2/c1-4-12(13,5-2)11(19)16-9-6-15-17(7-9)8-10(18)14-3/h6-7H,4-5,8,13H2,1-3H3,(H,14,18)(H,16,19). The Balaban J connectivity index is 2.68. The molecule has 1 aromatic rings. The fourth-order valence-corrected chi connectivity index (χ4v) is 1.57. The molecule has 7 nitrogen and oxygen atoms in total. The van der Waals surface area contributed by atoms with Crippen LogP contribution in [0.15, 0.2) is 12.4 Å². The molecule has 1 aromatic heterocycles. The van der Waals surface area contributed by atoms with E-state index in [4.69, 9.17) is 5.73 Å². The van der Waals surface area contributed by atoms with Crippen LogP contribution in [0.1, 0.15) is 26.7 Å². The monoisotopic (exact) mass is 267 g/mol. The van der Waals surface area contributed by atoms with Crippen molar-refractivity contribution < 1.29 is 9.59 Å². The lowest BCUT2D eigenvalue weighted by atomic mass is 9.93. The number of nitrogens with two attached hydrogens (primary N) is 1. The van der Waals surface area contributed by atoms with Crippen LogP contribution < -0.4 is 16.4 Å². The summed E-state index contributed by atoms with van der Waals surface area (Å²) >= 11 is 0. The number of amides is 2. The third-order valence-electron chi connectivity index (χ3n) is 3.19. The van der Waals surface area contributed by atoms with Crippen molar-refractivity contribution in [1.82, 2.24) is 15.1 Å². The van der Waals surface area contributed by atoms with Crippen LogP contribution in [0.4, 0.5) is 5.69 Å². The Hall–Kier alpha value is -1.89. The number of hydrogen-bond acceptors (Lipinski definition) is 4. The molecule has 0 atom stereocenters. The van der Waals surface area contributed by atoms with Crippen LogP contribution >= 0.6 is 0 Å². The predicted octanol–water partition coefficient (Wildman–Crippen LogP) is 0.0851. The summed E-state index contributed by atoms with van der Waals surface area (Å²) in [6, 6.07) is 0. The number of carbonyl (C=O) groups is 2. The molecule has 19 heavy (non-hydrogen) atoms. The van der Waals surface area contributed by atoms with Gasteiger partial charge in [-0.2, -0.15) is 5.10 Å². The fraction of sp³-hybridized carbons (Fsp3) is 0.583. The quantitative estimate of drug-likeness (QED) is 0.679. The lowest BCUT2D eigenvalue weighted by molar-refractivity contribution is -0.122. The van der Waals surface area contributed by atoms with Gasteiger partial charge in [0.1, 0.15) is 6.54 Å². The second-order valence-corrected chi connectivity index (χ2v) is 4.42. The van der Waals surface area contributed by atoms with Gasteiger partial charge in [0.05, 0.1) is 17.4 Å². The molecule has 0 aliphatic rings. The first-order chi connectivity index (χ1) is 8.95. The lowest BCUT2D eigenvalue weighted by Gasteiger charge is -2.24. The van der Waals surface area contributed by atoms with Crippen molar-refractivity contribution in [3.8, 4) is 0 Å². The van der Waals surface area contributed by atoms with Crippen LogP contribution in [0, 0.1) is 0 Å². The molecule has 7 heteroatoms. The smallest absolute Gasteiger partial charge is 0.244 e. The molecular weight excluding hydrogens is 246 g/mol. The van der Waals surface area contributed by atoms with Crippen LogP contribution in [0.3, 0.4) is 0 Å². The summed E-state index contributed by atoms with van der Waals surface area (Å²) in [6.45, 7) is 3.86. The van der Waals surface area contributed by atoms with Crippen molar-refractivity contribution in [3.05, 3.63) is 12.4 Å². The molecule has 1 heterocycles. The zero-order chi connectivity index (χ0) is 14.5. The van der Waals surface area contributed by atoms with Gasteiger partial charge in [0.15, 0.2) is 0 Å². The number of carbonyl (C=O) groups excluding carboxylic acids is 2. The Morgan fingerprint density at radius 3 is 2.58 bits per heavy atom. The van der Waals surface area contributed by atoms with Crippen LogP contribution in [-0.2, 0) is 16.1 Å². The Labute approximate surface area is 112 Å². The molecule has 1 rings (SSSR count).